The van der Waals surface area contributed by atoms with Crippen molar-refractivity contribution in [3.05, 3.63) is 146 Å². The van der Waals surface area contributed by atoms with Crippen LogP contribution in [0, 0.1) is 0 Å². The number of carbonyl (C=O) groups excluding carboxylic acids is 1. The zero-order valence-corrected chi connectivity index (χ0v) is 24.2. The number of aliphatic imine (C=N–C) groups is 1. The molecule has 12 nitrogen and oxygen atoms in total. The monoisotopic (exact) mass is 602 g/mol. The van der Waals surface area contributed by atoms with Gasteiger partial charge in [-0.3, -0.25) is 4.79 Å². The number of benzene rings is 4. The van der Waals surface area contributed by atoms with Crippen molar-refractivity contribution in [1.29, 1.82) is 0 Å². The lowest BCUT2D eigenvalue weighted by Gasteiger charge is -2.32. The van der Waals surface area contributed by atoms with E-state index in [9.17, 15) is 10.3 Å². The first-order valence-corrected chi connectivity index (χ1v) is 14.3. The molecule has 1 heterocycles. The van der Waals surface area contributed by atoms with Crippen LogP contribution < -0.4 is 10.1 Å². The number of aliphatic hydroxyl groups is 1. The quantitative estimate of drug-likeness (QED) is 0.0704. The number of anilines is 1. The highest BCUT2D eigenvalue weighted by atomic mass is 16.5. The maximum absolute atomic E-state index is 14.6. The number of hydrogen-bond donors (Lipinski definition) is 2. The van der Waals surface area contributed by atoms with Crippen LogP contribution in [-0.2, 0) is 22.5 Å². The fourth-order valence-electron chi connectivity index (χ4n) is 5.16. The molecule has 1 aliphatic rings. The smallest absolute Gasteiger partial charge is 0.257 e. The van der Waals surface area contributed by atoms with Crippen molar-refractivity contribution in [2.24, 2.45) is 15.2 Å². The predicted molar refractivity (Wildman–Crippen MR) is 170 cm³/mol. The molecule has 0 radical (unpaired) electrons. The van der Waals surface area contributed by atoms with Crippen LogP contribution in [0.15, 0.2) is 118 Å². The Kier molecular flexibility index (Phi) is 9.94. The van der Waals surface area contributed by atoms with E-state index in [-0.39, 0.29) is 25.5 Å². The molecule has 0 fully saturated rings. The highest BCUT2D eigenvalue weighted by Crippen LogP contribution is 2.45. The van der Waals surface area contributed by atoms with E-state index in [0.29, 0.717) is 52.4 Å². The molecule has 4 aromatic carbocycles. The van der Waals surface area contributed by atoms with Gasteiger partial charge in [-0.25, -0.2) is 4.99 Å². The second kappa shape index (κ2) is 14.6. The summed E-state index contributed by atoms with van der Waals surface area (Å²) in [6.45, 7) is 0.430. The molecule has 12 heteroatoms. The molecule has 2 N–H and O–H groups in total. The molecule has 1 amide bonds. The molecular weight excluding hydrogens is 572 g/mol. The van der Waals surface area contributed by atoms with Crippen LogP contribution in [0.4, 0.5) is 11.4 Å². The third-order valence-corrected chi connectivity index (χ3v) is 7.31. The maximum atomic E-state index is 14.6. The van der Waals surface area contributed by atoms with Crippen LogP contribution in [0.1, 0.15) is 34.8 Å². The van der Waals surface area contributed by atoms with Gasteiger partial charge in [0.2, 0.25) is 5.90 Å². The summed E-state index contributed by atoms with van der Waals surface area (Å²) in [5.41, 5.74) is 20.2. The van der Waals surface area contributed by atoms with Crippen LogP contribution in [-0.4, -0.2) is 35.7 Å². The molecular formula is C33H30N8O4. The predicted octanol–water partition coefficient (Wildman–Crippen LogP) is 7.34. The minimum Gasteiger partial charge on any atom is -0.494 e. The van der Waals surface area contributed by atoms with E-state index in [1.54, 1.807) is 60.7 Å². The largest absolute Gasteiger partial charge is 0.494 e. The normalized spacial score (nSPS) is 16.8. The summed E-state index contributed by atoms with van der Waals surface area (Å²) in [7, 11) is 0. The minimum atomic E-state index is -1.59. The standard InChI is InChI=1S/C33H30N8O4/c34-40-36-22-25-10-4-6-13-28(25)30-33(32(43)37-26-11-2-1-3-12-26,21-24-9-5-7-14-29(24)39-41-35)38-31(45-30)23-15-17-27(18-16-23)44-20-8-19-42/h1-7,9-18,30,42H,8,19-22H2,(H,37,43)/t30-,33-/m1/s1. The van der Waals surface area contributed by atoms with Crippen molar-refractivity contribution in [3.63, 3.8) is 0 Å². The van der Waals surface area contributed by atoms with Crippen molar-refractivity contribution in [2.45, 2.75) is 31.0 Å². The van der Waals surface area contributed by atoms with Gasteiger partial charge >= 0.3 is 0 Å². The van der Waals surface area contributed by atoms with E-state index in [0.717, 1.165) is 0 Å². The first-order valence-electron chi connectivity index (χ1n) is 14.3. The van der Waals surface area contributed by atoms with Crippen molar-refractivity contribution in [1.82, 2.24) is 0 Å². The second-order valence-electron chi connectivity index (χ2n) is 10.2. The lowest BCUT2D eigenvalue weighted by atomic mass is 9.80. The number of carbonyl (C=O) groups is 1. The molecule has 0 aliphatic carbocycles. The fraction of sp³-hybridized carbons (Fsp3) is 0.212. The van der Waals surface area contributed by atoms with E-state index in [1.807, 2.05) is 42.5 Å². The number of rotatable bonds is 13. The van der Waals surface area contributed by atoms with Crippen molar-refractivity contribution >= 4 is 23.2 Å². The molecule has 45 heavy (non-hydrogen) atoms. The topological polar surface area (TPSA) is 178 Å². The number of amides is 1. The van der Waals surface area contributed by atoms with Crippen LogP contribution in [0.2, 0.25) is 0 Å². The summed E-state index contributed by atoms with van der Waals surface area (Å²) in [5, 5.41) is 19.7. The molecule has 1 aliphatic heterocycles. The summed E-state index contributed by atoms with van der Waals surface area (Å²) in [5.74, 6) is 0.399. The molecule has 0 bridgehead atoms. The lowest BCUT2D eigenvalue weighted by molar-refractivity contribution is -0.123. The average Bonchev–Trinajstić information content (AvgIpc) is 3.46. The van der Waals surface area contributed by atoms with Gasteiger partial charge in [0.25, 0.3) is 5.91 Å². The summed E-state index contributed by atoms with van der Waals surface area (Å²) >= 11 is 0. The van der Waals surface area contributed by atoms with Gasteiger partial charge in [0, 0.05) is 46.2 Å². The van der Waals surface area contributed by atoms with E-state index in [2.05, 4.69) is 25.4 Å². The van der Waals surface area contributed by atoms with E-state index < -0.39 is 17.6 Å². The molecule has 0 saturated carbocycles. The Morgan fingerprint density at radius 1 is 0.933 bits per heavy atom. The molecule has 2 atom stereocenters. The van der Waals surface area contributed by atoms with Crippen molar-refractivity contribution < 1.29 is 19.4 Å². The first-order chi connectivity index (χ1) is 22.1. The SMILES string of the molecule is [N-]=[N+]=NCc1ccccc1[C@H]1OC(c2ccc(OCCCO)cc2)=N[C@@]1(Cc1ccccc1N=[N+]=[N-])C(=O)Nc1ccccc1. The number of ether oxygens (including phenoxy) is 2. The van der Waals surface area contributed by atoms with Gasteiger partial charge in [0.1, 0.15) is 5.75 Å². The van der Waals surface area contributed by atoms with Gasteiger partial charge in [-0.2, -0.15) is 0 Å². The molecule has 226 valence electrons. The van der Waals surface area contributed by atoms with Crippen LogP contribution in [0.25, 0.3) is 20.9 Å². The Balaban J connectivity index is 1.67. The molecule has 4 aromatic rings. The van der Waals surface area contributed by atoms with Crippen molar-refractivity contribution in [3.8, 4) is 5.75 Å². The Morgan fingerprint density at radius 2 is 1.64 bits per heavy atom. The summed E-state index contributed by atoms with van der Waals surface area (Å²) in [6.07, 6.45) is -0.432. The Hall–Kier alpha value is -5.80. The lowest BCUT2D eigenvalue weighted by Crippen LogP contribution is -2.47. The number of para-hydroxylation sites is 1. The number of hydrogen-bond acceptors (Lipinski definition) is 7. The van der Waals surface area contributed by atoms with Gasteiger partial charge in [-0.05, 0) is 64.2 Å². The van der Waals surface area contributed by atoms with Crippen LogP contribution >= 0.6 is 0 Å². The van der Waals surface area contributed by atoms with Crippen LogP contribution in [0.5, 0.6) is 5.75 Å². The number of nitrogens with one attached hydrogen (secondary N) is 1. The molecule has 0 aromatic heterocycles. The highest BCUT2D eigenvalue weighted by molar-refractivity contribution is 6.05. The Labute approximate surface area is 259 Å². The fourth-order valence-corrected chi connectivity index (χ4v) is 5.16. The van der Waals surface area contributed by atoms with Gasteiger partial charge in [-0.1, -0.05) is 77.0 Å². The van der Waals surface area contributed by atoms with Gasteiger partial charge < -0.3 is 19.9 Å². The summed E-state index contributed by atoms with van der Waals surface area (Å²) in [4.78, 5) is 25.5. The molecule has 0 saturated heterocycles. The third kappa shape index (κ3) is 7.06. The van der Waals surface area contributed by atoms with E-state index in [1.165, 1.54) is 0 Å². The minimum absolute atomic E-state index is 0.0211. The van der Waals surface area contributed by atoms with Gasteiger partial charge in [-0.15, -0.1) is 0 Å². The number of aliphatic hydroxyl groups excluding tert-OH is 1. The number of azide groups is 2. The van der Waals surface area contributed by atoms with Crippen LogP contribution in [0.3, 0.4) is 0 Å². The molecule has 5 rings (SSSR count). The second-order valence-corrected chi connectivity index (χ2v) is 10.2. The summed E-state index contributed by atoms with van der Waals surface area (Å²) in [6, 6.07) is 30.5. The zero-order chi connectivity index (χ0) is 31.5. The molecule has 0 spiro atoms. The van der Waals surface area contributed by atoms with Crippen molar-refractivity contribution in [2.75, 3.05) is 18.5 Å². The average molecular weight is 603 g/mol. The van der Waals surface area contributed by atoms with Gasteiger partial charge in [0.15, 0.2) is 11.6 Å². The van der Waals surface area contributed by atoms with E-state index in [4.69, 9.17) is 25.1 Å². The zero-order valence-electron chi connectivity index (χ0n) is 24.2. The first kappa shape index (κ1) is 30.7. The maximum Gasteiger partial charge on any atom is 0.257 e. The highest BCUT2D eigenvalue weighted by Gasteiger charge is 2.54. The Bertz CT molecular complexity index is 1770. The van der Waals surface area contributed by atoms with E-state index >= 15 is 0 Å². The number of nitrogens with zero attached hydrogens (tertiary/aromatic N) is 7. The molecule has 0 unspecified atom stereocenters. The Morgan fingerprint density at radius 3 is 2.38 bits per heavy atom. The summed E-state index contributed by atoms with van der Waals surface area (Å²) < 4.78 is 12.3. The third-order valence-electron chi connectivity index (χ3n) is 7.31. The van der Waals surface area contributed by atoms with Gasteiger partial charge in [0.05, 0.1) is 13.2 Å².